The Balaban J connectivity index is 1.41. The number of fused-ring (bicyclic) bond motifs is 1. The first-order valence-electron chi connectivity index (χ1n) is 10.4. The number of carbonyl (C=O) groups excluding carboxylic acids is 2. The Morgan fingerprint density at radius 3 is 2.40 bits per heavy atom. The molecule has 1 fully saturated rings. The zero-order valence-corrected chi connectivity index (χ0v) is 17.9. The number of ketones is 1. The van der Waals surface area contributed by atoms with Crippen molar-refractivity contribution in [2.45, 2.75) is 58.3 Å². The van der Waals surface area contributed by atoms with Crippen LogP contribution in [0.3, 0.4) is 0 Å². The highest BCUT2D eigenvalue weighted by atomic mass is 16.7. The molecule has 1 heterocycles. The summed E-state index contributed by atoms with van der Waals surface area (Å²) in [7, 11) is -0.511. The van der Waals surface area contributed by atoms with E-state index in [2.05, 4.69) is 0 Å². The van der Waals surface area contributed by atoms with E-state index in [0.29, 0.717) is 12.0 Å². The molecule has 1 saturated heterocycles. The fraction of sp³-hybridized carbons (Fsp3) is 0.417. The Labute approximate surface area is 177 Å². The quantitative estimate of drug-likeness (QED) is 0.562. The van der Waals surface area contributed by atoms with Crippen LogP contribution in [0.4, 0.5) is 0 Å². The number of hydrogen-bond donors (Lipinski definition) is 0. The van der Waals surface area contributed by atoms with Gasteiger partial charge in [-0.3, -0.25) is 9.59 Å². The lowest BCUT2D eigenvalue weighted by atomic mass is 9.78. The number of hydrogen-bond acceptors (Lipinski definition) is 5. The summed E-state index contributed by atoms with van der Waals surface area (Å²) >= 11 is 0. The summed E-state index contributed by atoms with van der Waals surface area (Å²) in [5.41, 5.74) is 2.49. The molecule has 0 N–H and O–H groups in total. The average molecular weight is 406 g/mol. The first-order valence-corrected chi connectivity index (χ1v) is 10.4. The molecule has 1 atom stereocenters. The maximum absolute atomic E-state index is 12.9. The Bertz CT molecular complexity index is 951. The summed E-state index contributed by atoms with van der Waals surface area (Å²) in [5.74, 6) is -0.743. The van der Waals surface area contributed by atoms with Gasteiger partial charge in [0.25, 0.3) is 0 Å². The van der Waals surface area contributed by atoms with Gasteiger partial charge in [0.15, 0.2) is 5.78 Å². The second-order valence-electron chi connectivity index (χ2n) is 9.12. The van der Waals surface area contributed by atoms with Gasteiger partial charge < -0.3 is 14.0 Å². The van der Waals surface area contributed by atoms with Crippen LogP contribution >= 0.6 is 0 Å². The van der Waals surface area contributed by atoms with E-state index in [1.165, 1.54) is 0 Å². The van der Waals surface area contributed by atoms with Crippen LogP contribution in [-0.2, 0) is 31.9 Å². The summed E-state index contributed by atoms with van der Waals surface area (Å²) in [5, 5.41) is 0. The molecule has 156 valence electrons. The molecule has 1 unspecified atom stereocenters. The largest absolute Gasteiger partial charge is 0.494 e. The van der Waals surface area contributed by atoms with Crippen molar-refractivity contribution < 1.29 is 23.6 Å². The summed E-state index contributed by atoms with van der Waals surface area (Å²) < 4.78 is 17.6. The molecule has 0 spiro atoms. The third-order valence-electron chi connectivity index (χ3n) is 6.42. The normalized spacial score (nSPS) is 21.5. The molecular formula is C24H27BO5. The summed E-state index contributed by atoms with van der Waals surface area (Å²) in [6.45, 7) is 8.23. The highest BCUT2D eigenvalue weighted by Crippen LogP contribution is 2.37. The molecule has 0 saturated carbocycles. The van der Waals surface area contributed by atoms with E-state index in [-0.39, 0.29) is 30.7 Å². The average Bonchev–Trinajstić information content (AvgIpc) is 3.12. The highest BCUT2D eigenvalue weighted by Gasteiger charge is 2.52. The van der Waals surface area contributed by atoms with Crippen LogP contribution < -0.4 is 5.46 Å². The molecule has 1 aliphatic heterocycles. The van der Waals surface area contributed by atoms with E-state index in [0.717, 1.165) is 16.6 Å². The Hall–Kier alpha value is -2.44. The first-order chi connectivity index (χ1) is 14.2. The summed E-state index contributed by atoms with van der Waals surface area (Å²) in [6.07, 6.45) is 0.643. The minimum atomic E-state index is -0.511. The van der Waals surface area contributed by atoms with Crippen LogP contribution in [-0.4, -0.2) is 30.1 Å². The molecule has 2 aromatic carbocycles. The van der Waals surface area contributed by atoms with Crippen LogP contribution in [0.1, 0.15) is 55.6 Å². The molecule has 0 bridgehead atoms. The molecule has 0 radical (unpaired) electrons. The Morgan fingerprint density at radius 2 is 1.73 bits per heavy atom. The van der Waals surface area contributed by atoms with Gasteiger partial charge in [0.1, 0.15) is 6.61 Å². The third-order valence-corrected chi connectivity index (χ3v) is 6.42. The van der Waals surface area contributed by atoms with Crippen molar-refractivity contribution in [1.29, 1.82) is 0 Å². The highest BCUT2D eigenvalue weighted by molar-refractivity contribution is 6.62. The van der Waals surface area contributed by atoms with Gasteiger partial charge in [-0.25, -0.2) is 0 Å². The van der Waals surface area contributed by atoms with Crippen molar-refractivity contribution in [2.24, 2.45) is 5.92 Å². The summed E-state index contributed by atoms with van der Waals surface area (Å²) in [6, 6.07) is 15.3. The lowest BCUT2D eigenvalue weighted by Gasteiger charge is -2.32. The second-order valence-corrected chi connectivity index (χ2v) is 9.12. The lowest BCUT2D eigenvalue weighted by molar-refractivity contribution is -0.145. The molecule has 5 nitrogen and oxygen atoms in total. The van der Waals surface area contributed by atoms with Crippen molar-refractivity contribution in [1.82, 2.24) is 0 Å². The topological polar surface area (TPSA) is 61.8 Å². The van der Waals surface area contributed by atoms with E-state index < -0.39 is 18.3 Å². The first kappa shape index (κ1) is 20.8. The second kappa shape index (κ2) is 7.67. The third kappa shape index (κ3) is 3.94. The van der Waals surface area contributed by atoms with Crippen LogP contribution in [0.2, 0.25) is 0 Å². The fourth-order valence-corrected chi connectivity index (χ4v) is 3.87. The number of Topliss-reactive ketones (excluding diaryl/α,β-unsaturated/α-hetero) is 1. The maximum atomic E-state index is 12.9. The lowest BCUT2D eigenvalue weighted by Crippen LogP contribution is -2.41. The fourth-order valence-electron chi connectivity index (χ4n) is 3.87. The van der Waals surface area contributed by atoms with E-state index in [4.69, 9.17) is 14.0 Å². The van der Waals surface area contributed by atoms with Crippen LogP contribution in [0.25, 0.3) is 0 Å². The van der Waals surface area contributed by atoms with Crippen molar-refractivity contribution in [3.8, 4) is 0 Å². The zero-order valence-electron chi connectivity index (χ0n) is 17.9. The minimum absolute atomic E-state index is 0.0139. The van der Waals surface area contributed by atoms with Gasteiger partial charge in [0.05, 0.1) is 17.6 Å². The van der Waals surface area contributed by atoms with Gasteiger partial charge in [-0.1, -0.05) is 48.5 Å². The van der Waals surface area contributed by atoms with Gasteiger partial charge >= 0.3 is 13.1 Å². The Kier molecular flexibility index (Phi) is 5.33. The van der Waals surface area contributed by atoms with E-state index in [1.807, 2.05) is 76.2 Å². The molecule has 30 heavy (non-hydrogen) atoms. The smallest absolute Gasteiger partial charge is 0.461 e. The van der Waals surface area contributed by atoms with Crippen molar-refractivity contribution >= 4 is 24.3 Å². The number of rotatable bonds is 5. The molecule has 4 rings (SSSR count). The molecule has 0 amide bonds. The van der Waals surface area contributed by atoms with Crippen molar-refractivity contribution in [2.75, 3.05) is 0 Å². The van der Waals surface area contributed by atoms with Crippen LogP contribution in [0.5, 0.6) is 0 Å². The SMILES string of the molecule is CC1(C)OB(c2ccc3c(c2)C(=O)C(CC(=O)OCc2ccccc2)C3)OC1(C)C. The molecule has 2 aromatic rings. The molecule has 2 aliphatic rings. The van der Waals surface area contributed by atoms with Gasteiger partial charge in [-0.05, 0) is 50.7 Å². The van der Waals surface area contributed by atoms with Gasteiger partial charge in [-0.15, -0.1) is 0 Å². The Morgan fingerprint density at radius 1 is 1.07 bits per heavy atom. The van der Waals surface area contributed by atoms with Gasteiger partial charge in [0.2, 0.25) is 0 Å². The number of esters is 1. The van der Waals surface area contributed by atoms with Crippen LogP contribution in [0, 0.1) is 5.92 Å². The number of carbonyl (C=O) groups is 2. The van der Waals surface area contributed by atoms with Gasteiger partial charge in [-0.2, -0.15) is 0 Å². The number of ether oxygens (including phenoxy) is 1. The monoisotopic (exact) mass is 406 g/mol. The number of benzene rings is 2. The van der Waals surface area contributed by atoms with E-state index >= 15 is 0 Å². The maximum Gasteiger partial charge on any atom is 0.494 e. The molecule has 1 aliphatic carbocycles. The molecular weight excluding hydrogens is 379 g/mol. The van der Waals surface area contributed by atoms with E-state index in [9.17, 15) is 9.59 Å². The predicted octanol–water partition coefficient (Wildman–Crippen LogP) is 3.47. The van der Waals surface area contributed by atoms with Gasteiger partial charge in [0, 0.05) is 11.5 Å². The summed E-state index contributed by atoms with van der Waals surface area (Å²) in [4.78, 5) is 25.2. The zero-order chi connectivity index (χ0) is 21.5. The van der Waals surface area contributed by atoms with Crippen molar-refractivity contribution in [3.63, 3.8) is 0 Å². The molecule has 0 aromatic heterocycles. The molecule has 6 heteroatoms. The van der Waals surface area contributed by atoms with Crippen LogP contribution in [0.15, 0.2) is 48.5 Å². The van der Waals surface area contributed by atoms with E-state index in [1.54, 1.807) is 0 Å². The standard InChI is InChI=1S/C24H27BO5/c1-23(2)24(3,4)30-25(29-23)19-11-10-17-12-18(22(27)20(17)14-19)13-21(26)28-15-16-8-6-5-7-9-16/h5-11,14,18H,12-13,15H2,1-4H3. The predicted molar refractivity (Wildman–Crippen MR) is 115 cm³/mol. The minimum Gasteiger partial charge on any atom is -0.461 e. The van der Waals surface area contributed by atoms with Crippen molar-refractivity contribution in [3.05, 3.63) is 65.2 Å².